The first-order valence-electron chi connectivity index (χ1n) is 7.52. The van der Waals surface area contributed by atoms with Crippen LogP contribution in [0.15, 0.2) is 53.6 Å². The molecule has 1 aliphatic carbocycles. The van der Waals surface area contributed by atoms with Gasteiger partial charge >= 0.3 is 0 Å². The Hall–Kier alpha value is -2.62. The van der Waals surface area contributed by atoms with Crippen molar-refractivity contribution in [2.24, 2.45) is 16.8 Å². The number of amides is 1. The van der Waals surface area contributed by atoms with Crippen molar-refractivity contribution >= 4 is 11.7 Å². The van der Waals surface area contributed by atoms with Gasteiger partial charge in [-0.2, -0.15) is 5.10 Å². The SMILES string of the molecule is CCC1(C2C(=O)NN=C2N)c2ccccc2-c2ccccc21. The first-order chi connectivity index (χ1) is 10.7. The molecular weight excluding hydrogens is 274 g/mol. The van der Waals surface area contributed by atoms with Crippen molar-refractivity contribution < 1.29 is 4.79 Å². The number of hydrazone groups is 1. The molecule has 1 heterocycles. The van der Waals surface area contributed by atoms with Crippen molar-refractivity contribution in [1.82, 2.24) is 5.43 Å². The zero-order valence-electron chi connectivity index (χ0n) is 12.3. The molecule has 2 aliphatic rings. The number of hydrogen-bond acceptors (Lipinski definition) is 3. The van der Waals surface area contributed by atoms with E-state index in [9.17, 15) is 4.79 Å². The quantitative estimate of drug-likeness (QED) is 0.892. The van der Waals surface area contributed by atoms with Crippen molar-refractivity contribution in [3.63, 3.8) is 0 Å². The fourth-order valence-electron chi connectivity index (χ4n) is 4.11. The van der Waals surface area contributed by atoms with Crippen LogP contribution in [0.1, 0.15) is 24.5 Å². The highest BCUT2D eigenvalue weighted by molar-refractivity contribution is 6.09. The molecule has 1 atom stereocenters. The molecule has 4 heteroatoms. The van der Waals surface area contributed by atoms with E-state index in [-0.39, 0.29) is 5.91 Å². The van der Waals surface area contributed by atoms with Crippen molar-refractivity contribution in [3.8, 4) is 11.1 Å². The first kappa shape index (κ1) is 13.1. The second kappa shape index (κ2) is 4.44. The lowest BCUT2D eigenvalue weighted by Gasteiger charge is -2.35. The van der Waals surface area contributed by atoms with Gasteiger partial charge in [0.25, 0.3) is 5.91 Å². The van der Waals surface area contributed by atoms with Crippen LogP contribution in [0.4, 0.5) is 0 Å². The van der Waals surface area contributed by atoms with Crippen molar-refractivity contribution in [1.29, 1.82) is 0 Å². The van der Waals surface area contributed by atoms with Crippen LogP contribution in [0, 0.1) is 5.92 Å². The number of rotatable bonds is 2. The molecule has 0 fully saturated rings. The van der Waals surface area contributed by atoms with Gasteiger partial charge in [0.15, 0.2) is 0 Å². The predicted molar refractivity (Wildman–Crippen MR) is 86.2 cm³/mol. The van der Waals surface area contributed by atoms with Crippen LogP contribution in [-0.2, 0) is 10.2 Å². The maximum Gasteiger partial charge on any atom is 0.252 e. The Bertz CT molecular complexity index is 764. The predicted octanol–water partition coefficient (Wildman–Crippen LogP) is 2.38. The summed E-state index contributed by atoms with van der Waals surface area (Å²) in [5.74, 6) is -0.202. The van der Waals surface area contributed by atoms with E-state index in [4.69, 9.17) is 5.73 Å². The van der Waals surface area contributed by atoms with E-state index in [0.29, 0.717) is 5.84 Å². The molecule has 0 saturated heterocycles. The van der Waals surface area contributed by atoms with Crippen LogP contribution >= 0.6 is 0 Å². The number of fused-ring (bicyclic) bond motifs is 3. The lowest BCUT2D eigenvalue weighted by Crippen LogP contribution is -2.45. The van der Waals surface area contributed by atoms with E-state index >= 15 is 0 Å². The Labute approximate surface area is 129 Å². The molecule has 2 aromatic rings. The van der Waals surface area contributed by atoms with Gasteiger partial charge in [-0.05, 0) is 28.7 Å². The fourth-order valence-corrected chi connectivity index (χ4v) is 4.11. The van der Waals surface area contributed by atoms with E-state index in [0.717, 1.165) is 6.42 Å². The van der Waals surface area contributed by atoms with Crippen molar-refractivity contribution in [2.45, 2.75) is 18.8 Å². The van der Waals surface area contributed by atoms with E-state index in [2.05, 4.69) is 41.7 Å². The molecule has 0 radical (unpaired) electrons. The molecule has 0 saturated carbocycles. The minimum absolute atomic E-state index is 0.120. The number of hydrogen-bond donors (Lipinski definition) is 2. The minimum Gasteiger partial charge on any atom is -0.385 e. The molecule has 4 nitrogen and oxygen atoms in total. The summed E-state index contributed by atoms with van der Waals surface area (Å²) in [5.41, 5.74) is 12.9. The standard InChI is InChI=1S/C18H17N3O/c1-2-18(15-16(19)20-21-17(15)22)13-9-5-3-7-11(13)12-8-4-6-10-14(12)18/h3-10,15H,2H2,1H3,(H2,19,20)(H,21,22). The maximum absolute atomic E-state index is 12.4. The summed E-state index contributed by atoms with van der Waals surface area (Å²) < 4.78 is 0. The Morgan fingerprint density at radius 1 is 1.09 bits per heavy atom. The third-order valence-corrected chi connectivity index (χ3v) is 5.01. The lowest BCUT2D eigenvalue weighted by molar-refractivity contribution is -0.123. The first-order valence-corrected chi connectivity index (χ1v) is 7.52. The molecule has 4 rings (SSSR count). The minimum atomic E-state index is -0.456. The molecule has 2 aromatic carbocycles. The third-order valence-electron chi connectivity index (χ3n) is 5.01. The van der Waals surface area contributed by atoms with Gasteiger partial charge in [-0.25, -0.2) is 5.43 Å². The van der Waals surface area contributed by atoms with Crippen LogP contribution in [0.5, 0.6) is 0 Å². The maximum atomic E-state index is 12.4. The summed E-state index contributed by atoms with van der Waals surface area (Å²) in [6, 6.07) is 16.6. The second-order valence-corrected chi connectivity index (χ2v) is 5.86. The highest BCUT2D eigenvalue weighted by Gasteiger charge is 2.53. The molecule has 0 bridgehead atoms. The van der Waals surface area contributed by atoms with Crippen LogP contribution in [0.25, 0.3) is 11.1 Å². The van der Waals surface area contributed by atoms with E-state index in [1.54, 1.807) is 0 Å². The normalized spacial score (nSPS) is 21.0. The van der Waals surface area contributed by atoms with Gasteiger partial charge in [0, 0.05) is 5.41 Å². The van der Waals surface area contributed by atoms with Gasteiger partial charge in [-0.1, -0.05) is 55.5 Å². The Balaban J connectivity index is 2.08. The van der Waals surface area contributed by atoms with Crippen molar-refractivity contribution in [3.05, 3.63) is 59.7 Å². The molecule has 1 unspecified atom stereocenters. The monoisotopic (exact) mass is 291 g/mol. The summed E-state index contributed by atoms with van der Waals surface area (Å²) in [6.45, 7) is 2.11. The number of amidine groups is 1. The smallest absolute Gasteiger partial charge is 0.252 e. The van der Waals surface area contributed by atoms with Crippen LogP contribution < -0.4 is 11.2 Å². The van der Waals surface area contributed by atoms with Gasteiger partial charge in [0.1, 0.15) is 11.8 Å². The fraction of sp³-hybridized carbons (Fsp3) is 0.222. The largest absolute Gasteiger partial charge is 0.385 e. The molecular formula is C18H17N3O. The van der Waals surface area contributed by atoms with E-state index < -0.39 is 11.3 Å². The molecule has 110 valence electrons. The van der Waals surface area contributed by atoms with Gasteiger partial charge < -0.3 is 5.73 Å². The lowest BCUT2D eigenvalue weighted by atomic mass is 9.66. The molecule has 1 amide bonds. The summed E-state index contributed by atoms with van der Waals surface area (Å²) >= 11 is 0. The number of benzene rings is 2. The highest BCUT2D eigenvalue weighted by Crippen LogP contribution is 2.54. The Morgan fingerprint density at radius 2 is 1.64 bits per heavy atom. The van der Waals surface area contributed by atoms with Crippen LogP contribution in [0.2, 0.25) is 0 Å². The van der Waals surface area contributed by atoms with Crippen LogP contribution in [0.3, 0.4) is 0 Å². The zero-order valence-corrected chi connectivity index (χ0v) is 12.3. The highest BCUT2D eigenvalue weighted by atomic mass is 16.2. The second-order valence-electron chi connectivity index (χ2n) is 5.86. The van der Waals surface area contributed by atoms with Gasteiger partial charge in [-0.3, -0.25) is 4.79 Å². The third kappa shape index (κ3) is 1.42. The molecule has 22 heavy (non-hydrogen) atoms. The average molecular weight is 291 g/mol. The van der Waals surface area contributed by atoms with Crippen molar-refractivity contribution in [2.75, 3.05) is 0 Å². The van der Waals surface area contributed by atoms with E-state index in [1.807, 2.05) is 24.3 Å². The molecule has 1 aliphatic heterocycles. The Kier molecular flexibility index (Phi) is 2.64. The topological polar surface area (TPSA) is 67.5 Å². The Morgan fingerprint density at radius 3 is 2.09 bits per heavy atom. The summed E-state index contributed by atoms with van der Waals surface area (Å²) in [5, 5.41) is 3.98. The number of nitrogens with two attached hydrogens (primary N) is 1. The van der Waals surface area contributed by atoms with Gasteiger partial charge in [0.2, 0.25) is 0 Å². The van der Waals surface area contributed by atoms with E-state index in [1.165, 1.54) is 22.3 Å². The average Bonchev–Trinajstić information content (AvgIpc) is 3.04. The van der Waals surface area contributed by atoms with Gasteiger partial charge in [-0.15, -0.1) is 0 Å². The summed E-state index contributed by atoms with van der Waals surface area (Å²) in [6.07, 6.45) is 0.787. The summed E-state index contributed by atoms with van der Waals surface area (Å²) in [4.78, 5) is 12.4. The number of carbonyl (C=O) groups is 1. The molecule has 0 aromatic heterocycles. The number of nitrogens with one attached hydrogen (secondary N) is 1. The number of carbonyl (C=O) groups excluding carboxylic acids is 1. The van der Waals surface area contributed by atoms with Crippen LogP contribution in [-0.4, -0.2) is 11.7 Å². The van der Waals surface area contributed by atoms with Gasteiger partial charge in [0.05, 0.1) is 0 Å². The number of nitrogens with zero attached hydrogens (tertiary/aromatic N) is 1. The molecule has 3 N–H and O–H groups in total. The zero-order chi connectivity index (χ0) is 15.3. The summed E-state index contributed by atoms with van der Waals surface area (Å²) in [7, 11) is 0. The molecule has 0 spiro atoms.